The average molecular weight is 299 g/mol. The summed E-state index contributed by atoms with van der Waals surface area (Å²) < 4.78 is 6.12. The number of methoxy groups -OCH3 is 1. The van der Waals surface area contributed by atoms with Gasteiger partial charge in [-0.1, -0.05) is 6.07 Å². The zero-order valence-electron chi connectivity index (χ0n) is 8.95. The van der Waals surface area contributed by atoms with Gasteiger partial charge in [0.05, 0.1) is 12.8 Å². The number of hydrogen-bond acceptors (Lipinski definition) is 4. The van der Waals surface area contributed by atoms with Crippen LogP contribution in [0.15, 0.2) is 28.2 Å². The van der Waals surface area contributed by atoms with Crippen molar-refractivity contribution in [3.05, 3.63) is 33.7 Å². The Morgan fingerprint density at radius 1 is 1.44 bits per heavy atom. The second kappa shape index (κ2) is 4.84. The molecule has 0 unspecified atom stereocenters. The summed E-state index contributed by atoms with van der Waals surface area (Å²) in [7, 11) is 1.66. The standard InChI is InChI=1S/C11H11BrN2OS/c1-7-3-4-9(15-2)8(5-7)13-11-14-10(12)6-16-11/h3-6H,1-2H3,(H,13,14). The van der Waals surface area contributed by atoms with E-state index < -0.39 is 0 Å². The van der Waals surface area contributed by atoms with Crippen molar-refractivity contribution < 1.29 is 4.74 Å². The van der Waals surface area contributed by atoms with Gasteiger partial charge in [0.15, 0.2) is 5.13 Å². The summed E-state index contributed by atoms with van der Waals surface area (Å²) in [6.45, 7) is 2.04. The van der Waals surface area contributed by atoms with Gasteiger partial charge in [0.25, 0.3) is 0 Å². The number of nitrogens with one attached hydrogen (secondary N) is 1. The fourth-order valence-electron chi connectivity index (χ4n) is 1.35. The zero-order chi connectivity index (χ0) is 11.5. The Balaban J connectivity index is 2.29. The van der Waals surface area contributed by atoms with Gasteiger partial charge in [-0.05, 0) is 40.5 Å². The lowest BCUT2D eigenvalue weighted by atomic mass is 10.2. The second-order valence-corrected chi connectivity index (χ2v) is 4.97. The van der Waals surface area contributed by atoms with Crippen LogP contribution >= 0.6 is 27.3 Å². The third kappa shape index (κ3) is 2.54. The first-order valence-corrected chi connectivity index (χ1v) is 6.39. The lowest BCUT2D eigenvalue weighted by Crippen LogP contribution is -1.94. The van der Waals surface area contributed by atoms with E-state index in [4.69, 9.17) is 4.74 Å². The smallest absolute Gasteiger partial charge is 0.188 e. The summed E-state index contributed by atoms with van der Waals surface area (Å²) in [4.78, 5) is 4.28. The molecule has 1 aromatic carbocycles. The van der Waals surface area contributed by atoms with Gasteiger partial charge in [-0.15, -0.1) is 11.3 Å². The molecule has 0 spiro atoms. The largest absolute Gasteiger partial charge is 0.495 e. The van der Waals surface area contributed by atoms with Gasteiger partial charge in [-0.3, -0.25) is 0 Å². The number of anilines is 2. The predicted molar refractivity (Wildman–Crippen MR) is 70.8 cm³/mol. The van der Waals surface area contributed by atoms with Crippen LogP contribution < -0.4 is 10.1 Å². The Morgan fingerprint density at radius 2 is 2.25 bits per heavy atom. The van der Waals surface area contributed by atoms with Gasteiger partial charge in [0, 0.05) is 5.38 Å². The molecule has 0 fully saturated rings. The highest BCUT2D eigenvalue weighted by molar-refractivity contribution is 9.10. The monoisotopic (exact) mass is 298 g/mol. The third-order valence-electron chi connectivity index (χ3n) is 2.07. The van der Waals surface area contributed by atoms with E-state index in [0.717, 1.165) is 21.2 Å². The molecule has 16 heavy (non-hydrogen) atoms. The molecule has 0 aliphatic heterocycles. The van der Waals surface area contributed by atoms with E-state index in [0.29, 0.717) is 0 Å². The van der Waals surface area contributed by atoms with Crippen molar-refractivity contribution in [2.45, 2.75) is 6.92 Å². The number of aryl methyl sites for hydroxylation is 1. The Labute approximate surface area is 107 Å². The van der Waals surface area contributed by atoms with Gasteiger partial charge in [-0.25, -0.2) is 4.98 Å². The van der Waals surface area contributed by atoms with Crippen LogP contribution in [-0.4, -0.2) is 12.1 Å². The van der Waals surface area contributed by atoms with Crippen LogP contribution in [0, 0.1) is 6.92 Å². The molecule has 0 aliphatic carbocycles. The van der Waals surface area contributed by atoms with Crippen molar-refractivity contribution in [1.29, 1.82) is 0 Å². The molecule has 0 saturated carbocycles. The lowest BCUT2D eigenvalue weighted by Gasteiger charge is -2.09. The first-order chi connectivity index (χ1) is 7.69. The molecule has 0 aliphatic rings. The predicted octanol–water partition coefficient (Wildman–Crippen LogP) is 3.97. The van der Waals surface area contributed by atoms with Crippen molar-refractivity contribution in [3.63, 3.8) is 0 Å². The molecule has 2 rings (SSSR count). The Kier molecular flexibility index (Phi) is 3.46. The van der Waals surface area contributed by atoms with E-state index in [9.17, 15) is 0 Å². The van der Waals surface area contributed by atoms with Crippen LogP contribution in [-0.2, 0) is 0 Å². The van der Waals surface area contributed by atoms with E-state index in [-0.39, 0.29) is 0 Å². The molecule has 0 radical (unpaired) electrons. The zero-order valence-corrected chi connectivity index (χ0v) is 11.4. The summed E-state index contributed by atoms with van der Waals surface area (Å²) >= 11 is 4.87. The molecular weight excluding hydrogens is 288 g/mol. The molecule has 1 aromatic heterocycles. The number of halogens is 1. The van der Waals surface area contributed by atoms with Crippen molar-refractivity contribution in [2.75, 3.05) is 12.4 Å². The molecule has 84 valence electrons. The van der Waals surface area contributed by atoms with Crippen molar-refractivity contribution in [2.24, 2.45) is 0 Å². The average Bonchev–Trinajstić information content (AvgIpc) is 2.64. The highest BCUT2D eigenvalue weighted by atomic mass is 79.9. The van der Waals surface area contributed by atoms with Crippen LogP contribution in [0.4, 0.5) is 10.8 Å². The molecule has 1 heterocycles. The number of ether oxygens (including phenoxy) is 1. The maximum atomic E-state index is 5.28. The summed E-state index contributed by atoms with van der Waals surface area (Å²) in [6, 6.07) is 6.00. The first kappa shape index (κ1) is 11.4. The van der Waals surface area contributed by atoms with Gasteiger partial charge in [0.2, 0.25) is 0 Å². The van der Waals surface area contributed by atoms with Crippen LogP contribution in [0.3, 0.4) is 0 Å². The number of hydrogen-bond donors (Lipinski definition) is 1. The second-order valence-electron chi connectivity index (χ2n) is 3.30. The first-order valence-electron chi connectivity index (χ1n) is 4.72. The van der Waals surface area contributed by atoms with Gasteiger partial charge in [0.1, 0.15) is 10.4 Å². The van der Waals surface area contributed by atoms with Crippen LogP contribution in [0.25, 0.3) is 0 Å². The number of aromatic nitrogens is 1. The molecule has 0 atom stereocenters. The molecule has 1 N–H and O–H groups in total. The molecule has 0 amide bonds. The minimum atomic E-state index is 0.817. The fraction of sp³-hybridized carbons (Fsp3) is 0.182. The van der Waals surface area contributed by atoms with E-state index in [1.54, 1.807) is 18.4 Å². The van der Waals surface area contributed by atoms with Crippen molar-refractivity contribution in [1.82, 2.24) is 4.98 Å². The Morgan fingerprint density at radius 3 is 2.88 bits per heavy atom. The van der Waals surface area contributed by atoms with E-state index in [1.807, 2.05) is 30.5 Å². The minimum Gasteiger partial charge on any atom is -0.495 e. The Bertz CT molecular complexity index is 498. The summed E-state index contributed by atoms with van der Waals surface area (Å²) in [5, 5.41) is 6.02. The lowest BCUT2D eigenvalue weighted by molar-refractivity contribution is 0.416. The van der Waals surface area contributed by atoms with Crippen LogP contribution in [0.2, 0.25) is 0 Å². The molecule has 2 aromatic rings. The van der Waals surface area contributed by atoms with Gasteiger partial charge >= 0.3 is 0 Å². The van der Waals surface area contributed by atoms with Crippen molar-refractivity contribution in [3.8, 4) is 5.75 Å². The number of benzene rings is 1. The molecule has 3 nitrogen and oxygen atoms in total. The van der Waals surface area contributed by atoms with E-state index >= 15 is 0 Å². The highest BCUT2D eigenvalue weighted by Crippen LogP contribution is 2.30. The fourth-order valence-corrected chi connectivity index (χ4v) is 2.50. The molecule has 5 heteroatoms. The minimum absolute atomic E-state index is 0.817. The highest BCUT2D eigenvalue weighted by Gasteiger charge is 2.05. The maximum Gasteiger partial charge on any atom is 0.188 e. The molecule has 0 bridgehead atoms. The quantitative estimate of drug-likeness (QED) is 0.931. The van der Waals surface area contributed by atoms with Gasteiger partial charge < -0.3 is 10.1 Å². The number of rotatable bonds is 3. The number of thiazole rings is 1. The van der Waals surface area contributed by atoms with E-state index in [1.165, 1.54) is 5.56 Å². The summed E-state index contributed by atoms with van der Waals surface area (Å²) in [5.74, 6) is 0.817. The molecular formula is C11H11BrN2OS. The van der Waals surface area contributed by atoms with E-state index in [2.05, 4.69) is 26.2 Å². The SMILES string of the molecule is COc1ccc(C)cc1Nc1nc(Br)cs1. The number of nitrogens with zero attached hydrogens (tertiary/aromatic N) is 1. The topological polar surface area (TPSA) is 34.1 Å². The third-order valence-corrected chi connectivity index (χ3v) is 3.54. The maximum absolute atomic E-state index is 5.28. The Hall–Kier alpha value is -1.07. The van der Waals surface area contributed by atoms with Crippen LogP contribution in [0.5, 0.6) is 5.75 Å². The normalized spacial score (nSPS) is 10.2. The van der Waals surface area contributed by atoms with Crippen molar-refractivity contribution >= 4 is 38.1 Å². The van der Waals surface area contributed by atoms with Crippen LogP contribution in [0.1, 0.15) is 5.56 Å². The summed E-state index contributed by atoms with van der Waals surface area (Å²) in [5.41, 5.74) is 2.11. The molecule has 0 saturated heterocycles. The van der Waals surface area contributed by atoms with Gasteiger partial charge in [-0.2, -0.15) is 0 Å². The summed E-state index contributed by atoms with van der Waals surface area (Å²) in [6.07, 6.45) is 0.